The zero-order valence-electron chi connectivity index (χ0n) is 12.2. The minimum absolute atomic E-state index is 0.0462. The molecule has 118 valence electrons. The third-order valence-corrected chi connectivity index (χ3v) is 5.00. The van der Waals surface area contributed by atoms with Gasteiger partial charge in [0.1, 0.15) is 16.4 Å². The van der Waals surface area contributed by atoms with Gasteiger partial charge in [-0.05, 0) is 12.1 Å². The van der Waals surface area contributed by atoms with Crippen molar-refractivity contribution in [3.8, 4) is 11.5 Å². The van der Waals surface area contributed by atoms with Gasteiger partial charge in [-0.2, -0.15) is 4.31 Å². The van der Waals surface area contributed by atoms with Crippen LogP contribution >= 0.6 is 0 Å². The summed E-state index contributed by atoms with van der Waals surface area (Å²) >= 11 is 0. The van der Waals surface area contributed by atoms with Gasteiger partial charge < -0.3 is 18.9 Å². The first-order valence-corrected chi connectivity index (χ1v) is 7.84. The molecule has 0 spiro atoms. The van der Waals surface area contributed by atoms with Gasteiger partial charge in [0, 0.05) is 13.1 Å². The maximum absolute atomic E-state index is 12.6. The Kier molecular flexibility index (Phi) is 5.04. The van der Waals surface area contributed by atoms with E-state index in [0.29, 0.717) is 19.0 Å². The summed E-state index contributed by atoms with van der Waals surface area (Å²) in [5.74, 6) is 0.701. The summed E-state index contributed by atoms with van der Waals surface area (Å²) in [6.45, 7) is 1.06. The molecule has 1 fully saturated rings. The van der Waals surface area contributed by atoms with Crippen molar-refractivity contribution in [2.45, 2.75) is 11.2 Å². The van der Waals surface area contributed by atoms with Gasteiger partial charge in [-0.1, -0.05) is 0 Å². The van der Waals surface area contributed by atoms with Crippen LogP contribution in [0.2, 0.25) is 0 Å². The lowest BCUT2D eigenvalue weighted by molar-refractivity contribution is -0.0482. The third-order valence-electron chi connectivity index (χ3n) is 3.16. The number of sulfonamides is 1. The molecule has 0 aliphatic carbocycles. The second-order valence-corrected chi connectivity index (χ2v) is 6.49. The first kappa shape index (κ1) is 16.0. The van der Waals surface area contributed by atoms with E-state index >= 15 is 0 Å². The molecule has 1 heterocycles. The molecular formula is C13H19NO6S. The molecule has 0 aromatic heterocycles. The largest absolute Gasteiger partial charge is 0.497 e. The average Bonchev–Trinajstić information content (AvgIpc) is 2.99. The predicted octanol–water partition coefficient (Wildman–Crippen LogP) is 0.697. The normalized spacial score (nSPS) is 16.4. The van der Waals surface area contributed by atoms with Crippen molar-refractivity contribution in [2.24, 2.45) is 0 Å². The molecule has 8 heteroatoms. The van der Waals surface area contributed by atoms with Gasteiger partial charge in [-0.15, -0.1) is 0 Å². The van der Waals surface area contributed by atoms with E-state index in [1.54, 1.807) is 12.1 Å². The molecule has 0 N–H and O–H groups in total. The topological polar surface area (TPSA) is 74.3 Å². The van der Waals surface area contributed by atoms with Crippen LogP contribution in [0.1, 0.15) is 0 Å². The number of benzene rings is 1. The molecule has 0 unspecified atom stereocenters. The van der Waals surface area contributed by atoms with E-state index in [2.05, 4.69) is 0 Å². The van der Waals surface area contributed by atoms with Crippen LogP contribution in [0.3, 0.4) is 0 Å². The quantitative estimate of drug-likeness (QED) is 0.769. The number of rotatable bonds is 6. The maximum atomic E-state index is 12.6. The Bertz CT molecular complexity index is 582. The zero-order valence-corrected chi connectivity index (χ0v) is 13.1. The molecule has 7 nitrogen and oxygen atoms in total. The fourth-order valence-corrected chi connectivity index (χ4v) is 3.30. The van der Waals surface area contributed by atoms with Crippen LogP contribution < -0.4 is 9.47 Å². The van der Waals surface area contributed by atoms with Crippen molar-refractivity contribution in [2.75, 3.05) is 41.0 Å². The van der Waals surface area contributed by atoms with E-state index in [-0.39, 0.29) is 17.2 Å². The minimum atomic E-state index is -3.73. The summed E-state index contributed by atoms with van der Waals surface area (Å²) in [6, 6.07) is 4.63. The highest BCUT2D eigenvalue weighted by Crippen LogP contribution is 2.30. The highest BCUT2D eigenvalue weighted by Gasteiger charge is 2.29. The number of nitrogens with zero attached hydrogens (tertiary/aromatic N) is 1. The van der Waals surface area contributed by atoms with E-state index < -0.39 is 16.3 Å². The highest BCUT2D eigenvalue weighted by atomic mass is 32.2. The van der Waals surface area contributed by atoms with Gasteiger partial charge in [0.15, 0.2) is 6.29 Å². The van der Waals surface area contributed by atoms with Crippen molar-refractivity contribution in [3.63, 3.8) is 0 Å². The molecule has 0 amide bonds. The van der Waals surface area contributed by atoms with Gasteiger partial charge in [0.2, 0.25) is 10.0 Å². The van der Waals surface area contributed by atoms with E-state index in [4.69, 9.17) is 18.9 Å². The van der Waals surface area contributed by atoms with Crippen LogP contribution in [0.25, 0.3) is 0 Å². The Morgan fingerprint density at radius 1 is 1.24 bits per heavy atom. The second kappa shape index (κ2) is 6.61. The predicted molar refractivity (Wildman–Crippen MR) is 75.1 cm³/mol. The van der Waals surface area contributed by atoms with E-state index in [9.17, 15) is 8.42 Å². The van der Waals surface area contributed by atoms with Gasteiger partial charge in [0.25, 0.3) is 0 Å². The standard InChI is InChI=1S/C13H19NO6S/c1-14(9-13-19-6-7-20-13)21(15,16)12-8-10(17-2)4-5-11(12)18-3/h4-5,8,13H,6-7,9H2,1-3H3. The third kappa shape index (κ3) is 3.46. The number of methoxy groups -OCH3 is 2. The molecular weight excluding hydrogens is 298 g/mol. The molecule has 1 aromatic rings. The van der Waals surface area contributed by atoms with Crippen molar-refractivity contribution in [3.05, 3.63) is 18.2 Å². The van der Waals surface area contributed by atoms with Crippen LogP contribution in [0, 0.1) is 0 Å². The fraction of sp³-hybridized carbons (Fsp3) is 0.538. The molecule has 1 aromatic carbocycles. The Labute approximate surface area is 124 Å². The monoisotopic (exact) mass is 317 g/mol. The summed E-state index contributed by atoms with van der Waals surface area (Å²) in [7, 11) is 0.633. The molecule has 1 aliphatic heterocycles. The van der Waals surface area contributed by atoms with Gasteiger partial charge in [-0.3, -0.25) is 0 Å². The molecule has 1 saturated heterocycles. The SMILES string of the molecule is COc1ccc(OC)c(S(=O)(=O)N(C)CC2OCCO2)c1. The summed E-state index contributed by atoms with van der Waals surface area (Å²) in [5.41, 5.74) is 0. The Morgan fingerprint density at radius 2 is 1.90 bits per heavy atom. The van der Waals surface area contributed by atoms with E-state index in [0.717, 1.165) is 0 Å². The Balaban J connectivity index is 2.28. The molecule has 0 bridgehead atoms. The van der Waals surface area contributed by atoms with Crippen molar-refractivity contribution in [1.82, 2.24) is 4.31 Å². The number of hydrogen-bond acceptors (Lipinski definition) is 6. The first-order chi connectivity index (χ1) is 9.98. The molecule has 0 saturated carbocycles. The second-order valence-electron chi connectivity index (χ2n) is 4.47. The van der Waals surface area contributed by atoms with Crippen molar-refractivity contribution >= 4 is 10.0 Å². The number of ether oxygens (including phenoxy) is 4. The molecule has 0 atom stereocenters. The Hall–Kier alpha value is -1.35. The number of likely N-dealkylation sites (N-methyl/N-ethyl adjacent to an activating group) is 1. The molecule has 21 heavy (non-hydrogen) atoms. The van der Waals surface area contributed by atoms with Gasteiger partial charge in [0.05, 0.1) is 34.0 Å². The average molecular weight is 317 g/mol. The van der Waals surface area contributed by atoms with Gasteiger partial charge in [-0.25, -0.2) is 8.42 Å². The summed E-state index contributed by atoms with van der Waals surface area (Å²) in [4.78, 5) is 0.0462. The summed E-state index contributed by atoms with van der Waals surface area (Å²) in [6.07, 6.45) is -0.540. The molecule has 2 rings (SSSR count). The van der Waals surface area contributed by atoms with Crippen LogP contribution in [0.4, 0.5) is 0 Å². The first-order valence-electron chi connectivity index (χ1n) is 6.40. The van der Waals surface area contributed by atoms with Crippen LogP contribution in [-0.2, 0) is 19.5 Å². The summed E-state index contributed by atoms with van der Waals surface area (Å²) in [5, 5.41) is 0. The Morgan fingerprint density at radius 3 is 2.48 bits per heavy atom. The lowest BCUT2D eigenvalue weighted by Gasteiger charge is -2.21. The van der Waals surface area contributed by atoms with Crippen molar-refractivity contribution in [1.29, 1.82) is 0 Å². The highest BCUT2D eigenvalue weighted by molar-refractivity contribution is 7.89. The van der Waals surface area contributed by atoms with E-state index in [1.807, 2.05) is 0 Å². The van der Waals surface area contributed by atoms with Crippen LogP contribution in [0.15, 0.2) is 23.1 Å². The molecule has 1 aliphatic rings. The fourth-order valence-electron chi connectivity index (χ4n) is 1.97. The maximum Gasteiger partial charge on any atom is 0.246 e. The van der Waals surface area contributed by atoms with Gasteiger partial charge >= 0.3 is 0 Å². The van der Waals surface area contributed by atoms with E-state index in [1.165, 1.54) is 31.6 Å². The summed E-state index contributed by atoms with van der Waals surface area (Å²) < 4.78 is 47.2. The lowest BCUT2D eigenvalue weighted by Crippen LogP contribution is -2.35. The molecule has 0 radical (unpaired) electrons. The smallest absolute Gasteiger partial charge is 0.246 e. The van der Waals surface area contributed by atoms with Crippen molar-refractivity contribution < 1.29 is 27.4 Å². The van der Waals surface area contributed by atoms with Crippen LogP contribution in [0.5, 0.6) is 11.5 Å². The minimum Gasteiger partial charge on any atom is -0.497 e. The number of hydrogen-bond donors (Lipinski definition) is 0. The zero-order chi connectivity index (χ0) is 15.5. The lowest BCUT2D eigenvalue weighted by atomic mass is 10.3. The van der Waals surface area contributed by atoms with Crippen LogP contribution in [-0.4, -0.2) is 60.0 Å².